The summed E-state index contributed by atoms with van der Waals surface area (Å²) >= 11 is 0. The van der Waals surface area contributed by atoms with E-state index in [0.29, 0.717) is 0 Å². The Balaban J connectivity index is 2.11. The summed E-state index contributed by atoms with van der Waals surface area (Å²) in [5.74, 6) is 0. The number of rotatable bonds is 2. The number of nitrogens with zero attached hydrogens (tertiary/aromatic N) is 2. The van der Waals surface area contributed by atoms with Gasteiger partial charge < -0.3 is 0 Å². The molecule has 1 aliphatic heterocycles. The van der Waals surface area contributed by atoms with E-state index in [4.69, 9.17) is 5.26 Å². The molecule has 0 N–H and O–H groups in total. The van der Waals surface area contributed by atoms with Crippen LogP contribution >= 0.6 is 0 Å². The predicted octanol–water partition coefficient (Wildman–Crippen LogP) is 3.18. The first-order valence-electron chi connectivity index (χ1n) is 6.40. The molecule has 0 aliphatic carbocycles. The van der Waals surface area contributed by atoms with Gasteiger partial charge in [-0.2, -0.15) is 5.26 Å². The highest BCUT2D eigenvalue weighted by Crippen LogP contribution is 2.20. The van der Waals surface area contributed by atoms with Crippen LogP contribution in [0.3, 0.4) is 0 Å². The van der Waals surface area contributed by atoms with E-state index in [1.54, 1.807) is 0 Å². The van der Waals surface area contributed by atoms with Crippen LogP contribution in [0.2, 0.25) is 0 Å². The minimum Gasteiger partial charge on any atom is -0.284 e. The first-order valence-corrected chi connectivity index (χ1v) is 6.40. The summed E-state index contributed by atoms with van der Waals surface area (Å²) in [6.07, 6.45) is 3.45. The zero-order valence-corrected chi connectivity index (χ0v) is 10.7. The molecule has 1 atom stereocenters. The van der Waals surface area contributed by atoms with Crippen LogP contribution in [0, 0.1) is 25.2 Å². The van der Waals surface area contributed by atoms with Gasteiger partial charge in [-0.15, -0.1) is 0 Å². The van der Waals surface area contributed by atoms with Crippen molar-refractivity contribution in [3.05, 3.63) is 34.9 Å². The highest BCUT2D eigenvalue weighted by Gasteiger charge is 2.21. The zero-order chi connectivity index (χ0) is 12.3. The van der Waals surface area contributed by atoms with Crippen molar-refractivity contribution in [1.29, 1.82) is 5.26 Å². The van der Waals surface area contributed by atoms with E-state index < -0.39 is 0 Å². The summed E-state index contributed by atoms with van der Waals surface area (Å²) in [4.78, 5) is 2.32. The molecule has 0 aromatic heterocycles. The van der Waals surface area contributed by atoms with Crippen LogP contribution < -0.4 is 0 Å². The molecule has 0 spiro atoms. The van der Waals surface area contributed by atoms with Crippen LogP contribution in [-0.4, -0.2) is 17.5 Å². The summed E-state index contributed by atoms with van der Waals surface area (Å²) in [5, 5.41) is 9.16. The van der Waals surface area contributed by atoms with Crippen molar-refractivity contribution in [1.82, 2.24) is 4.90 Å². The number of likely N-dealkylation sites (tertiary alicyclic amines) is 1. The van der Waals surface area contributed by atoms with Gasteiger partial charge in [-0.3, -0.25) is 4.90 Å². The molecule has 0 amide bonds. The normalized spacial score (nSPS) is 21.1. The van der Waals surface area contributed by atoms with Crippen LogP contribution in [0.4, 0.5) is 0 Å². The van der Waals surface area contributed by atoms with Gasteiger partial charge in [-0.25, -0.2) is 0 Å². The monoisotopic (exact) mass is 228 g/mol. The third-order valence-corrected chi connectivity index (χ3v) is 3.43. The van der Waals surface area contributed by atoms with Gasteiger partial charge in [0.2, 0.25) is 0 Å². The minimum atomic E-state index is 0.115. The van der Waals surface area contributed by atoms with E-state index >= 15 is 0 Å². The smallest absolute Gasteiger partial charge is 0.0980 e. The van der Waals surface area contributed by atoms with Gasteiger partial charge in [0, 0.05) is 6.54 Å². The molecule has 2 rings (SSSR count). The Morgan fingerprint density at radius 3 is 2.59 bits per heavy atom. The van der Waals surface area contributed by atoms with Crippen molar-refractivity contribution in [3.63, 3.8) is 0 Å². The van der Waals surface area contributed by atoms with E-state index in [9.17, 15) is 0 Å². The molecule has 0 radical (unpaired) electrons. The Morgan fingerprint density at radius 2 is 1.94 bits per heavy atom. The largest absolute Gasteiger partial charge is 0.284 e. The summed E-state index contributed by atoms with van der Waals surface area (Å²) < 4.78 is 0. The molecular formula is C15H20N2. The van der Waals surface area contributed by atoms with Crippen LogP contribution in [0.1, 0.15) is 36.0 Å². The molecule has 1 aromatic carbocycles. The van der Waals surface area contributed by atoms with Crippen LogP contribution in [0.5, 0.6) is 0 Å². The van der Waals surface area contributed by atoms with Crippen molar-refractivity contribution in [2.45, 2.75) is 45.7 Å². The third kappa shape index (κ3) is 3.08. The molecule has 1 fully saturated rings. The second kappa shape index (κ2) is 5.33. The van der Waals surface area contributed by atoms with Gasteiger partial charge in [-0.05, 0) is 45.2 Å². The van der Waals surface area contributed by atoms with E-state index in [-0.39, 0.29) is 6.04 Å². The first kappa shape index (κ1) is 12.1. The molecule has 0 saturated carbocycles. The number of nitriles is 1. The molecular weight excluding hydrogens is 208 g/mol. The molecule has 17 heavy (non-hydrogen) atoms. The number of aryl methyl sites for hydroxylation is 2. The van der Waals surface area contributed by atoms with Crippen molar-refractivity contribution in [2.24, 2.45) is 0 Å². The van der Waals surface area contributed by atoms with Gasteiger partial charge in [0.1, 0.15) is 0 Å². The summed E-state index contributed by atoms with van der Waals surface area (Å²) in [5.41, 5.74) is 3.96. The lowest BCUT2D eigenvalue weighted by molar-refractivity contribution is 0.176. The Kier molecular flexibility index (Phi) is 3.81. The lowest BCUT2D eigenvalue weighted by Crippen LogP contribution is -2.37. The Hall–Kier alpha value is -1.33. The highest BCUT2D eigenvalue weighted by atomic mass is 15.2. The predicted molar refractivity (Wildman–Crippen MR) is 69.6 cm³/mol. The minimum absolute atomic E-state index is 0.115. The molecule has 1 aliphatic rings. The van der Waals surface area contributed by atoms with Crippen LogP contribution in [-0.2, 0) is 6.54 Å². The fourth-order valence-corrected chi connectivity index (χ4v) is 2.72. The van der Waals surface area contributed by atoms with Crippen LogP contribution in [0.25, 0.3) is 0 Å². The average Bonchev–Trinajstić information content (AvgIpc) is 2.28. The molecule has 1 heterocycles. The van der Waals surface area contributed by atoms with Gasteiger partial charge in [0.05, 0.1) is 12.1 Å². The SMILES string of the molecule is Cc1cc(C)cc(CN2CCCCC2C#N)c1. The van der Waals surface area contributed by atoms with E-state index in [1.165, 1.54) is 29.5 Å². The standard InChI is InChI=1S/C15H20N2/c1-12-7-13(2)9-14(8-12)11-17-6-4-3-5-15(17)10-16/h7-9,15H,3-6,11H2,1-2H3. The Bertz CT molecular complexity index is 411. The lowest BCUT2D eigenvalue weighted by Gasteiger charge is -2.31. The van der Waals surface area contributed by atoms with Gasteiger partial charge >= 0.3 is 0 Å². The fourth-order valence-electron chi connectivity index (χ4n) is 2.72. The second-order valence-electron chi connectivity index (χ2n) is 5.11. The highest BCUT2D eigenvalue weighted by molar-refractivity contribution is 5.28. The van der Waals surface area contributed by atoms with E-state index in [2.05, 4.69) is 43.0 Å². The molecule has 90 valence electrons. The quantitative estimate of drug-likeness (QED) is 0.777. The number of hydrogen-bond acceptors (Lipinski definition) is 2. The number of piperidine rings is 1. The van der Waals surface area contributed by atoms with Gasteiger partial charge in [0.15, 0.2) is 0 Å². The Morgan fingerprint density at radius 1 is 1.24 bits per heavy atom. The molecule has 1 unspecified atom stereocenters. The van der Waals surface area contributed by atoms with E-state index in [1.807, 2.05) is 0 Å². The molecule has 2 heteroatoms. The average molecular weight is 228 g/mol. The van der Waals surface area contributed by atoms with Crippen LogP contribution in [0.15, 0.2) is 18.2 Å². The molecule has 1 aromatic rings. The maximum Gasteiger partial charge on any atom is 0.0980 e. The Labute approximate surface area is 104 Å². The maximum atomic E-state index is 9.16. The van der Waals surface area contributed by atoms with Crippen molar-refractivity contribution in [2.75, 3.05) is 6.54 Å². The topological polar surface area (TPSA) is 27.0 Å². The molecule has 1 saturated heterocycles. The molecule has 0 bridgehead atoms. The lowest BCUT2D eigenvalue weighted by atomic mass is 10.0. The summed E-state index contributed by atoms with van der Waals surface area (Å²) in [6, 6.07) is 9.21. The molecule has 2 nitrogen and oxygen atoms in total. The third-order valence-electron chi connectivity index (χ3n) is 3.43. The fraction of sp³-hybridized carbons (Fsp3) is 0.533. The van der Waals surface area contributed by atoms with Gasteiger partial charge in [-0.1, -0.05) is 29.3 Å². The number of benzene rings is 1. The summed E-state index contributed by atoms with van der Waals surface area (Å²) in [7, 11) is 0. The zero-order valence-electron chi connectivity index (χ0n) is 10.7. The first-order chi connectivity index (χ1) is 8.19. The van der Waals surface area contributed by atoms with E-state index in [0.717, 1.165) is 19.5 Å². The maximum absolute atomic E-state index is 9.16. The van der Waals surface area contributed by atoms with Crippen molar-refractivity contribution >= 4 is 0 Å². The second-order valence-corrected chi connectivity index (χ2v) is 5.11. The van der Waals surface area contributed by atoms with Gasteiger partial charge in [0.25, 0.3) is 0 Å². The number of hydrogen-bond donors (Lipinski definition) is 0. The summed E-state index contributed by atoms with van der Waals surface area (Å²) in [6.45, 7) is 6.24. The van der Waals surface area contributed by atoms with Crippen molar-refractivity contribution in [3.8, 4) is 6.07 Å². The van der Waals surface area contributed by atoms with Crippen molar-refractivity contribution < 1.29 is 0 Å².